The third-order valence-electron chi connectivity index (χ3n) is 8.71. The SMILES string of the molecule is COc1ccc(N(N(c2ccccc2)[Si](C)(c2ccccc2)c2ccccc2)[Si](C)(c2ccccc2)c2ccccc2)cc1. The summed E-state index contributed by atoms with van der Waals surface area (Å²) in [5.41, 5.74) is 2.29. The standard InChI is InChI=1S/C39H38N2OSi2/c1-42-35-31-29-34(30-32-35)41(44(3,38-25-15-7-16-26-38)39-27-17-8-18-28-39)40(33-19-9-4-10-20-33)43(2,36-21-11-5-12-22-36)37-23-13-6-14-24-37/h4-32H,1-3H3. The molecule has 0 saturated heterocycles. The van der Waals surface area contributed by atoms with Crippen molar-refractivity contribution in [3.63, 3.8) is 0 Å². The summed E-state index contributed by atoms with van der Waals surface area (Å²) in [7, 11) is -3.79. The van der Waals surface area contributed by atoms with E-state index < -0.39 is 16.5 Å². The Morgan fingerprint density at radius 3 is 0.932 bits per heavy atom. The Morgan fingerprint density at radius 2 is 0.636 bits per heavy atom. The van der Waals surface area contributed by atoms with E-state index in [-0.39, 0.29) is 0 Å². The molecule has 0 heterocycles. The van der Waals surface area contributed by atoms with Gasteiger partial charge in [0, 0.05) is 11.4 Å². The maximum absolute atomic E-state index is 5.64. The quantitative estimate of drug-likeness (QED) is 0.128. The van der Waals surface area contributed by atoms with Crippen LogP contribution in [-0.4, -0.2) is 23.6 Å². The number of nitrogens with zero attached hydrogens (tertiary/aromatic N) is 2. The summed E-state index contributed by atoms with van der Waals surface area (Å²) in [6.07, 6.45) is 0. The molecule has 0 aromatic heterocycles. The average molecular weight is 607 g/mol. The highest BCUT2D eigenvalue weighted by Crippen LogP contribution is 2.34. The Morgan fingerprint density at radius 1 is 0.364 bits per heavy atom. The van der Waals surface area contributed by atoms with Gasteiger partial charge in [0.2, 0.25) is 16.5 Å². The van der Waals surface area contributed by atoms with Gasteiger partial charge in [0.05, 0.1) is 7.11 Å². The Hall–Kier alpha value is -4.85. The third-order valence-corrected chi connectivity index (χ3v) is 17.3. The maximum atomic E-state index is 5.64. The molecule has 6 aromatic rings. The largest absolute Gasteiger partial charge is 0.497 e. The van der Waals surface area contributed by atoms with Gasteiger partial charge in [-0.1, -0.05) is 140 Å². The zero-order valence-corrected chi connectivity index (χ0v) is 27.5. The molecule has 0 aliphatic carbocycles. The number of benzene rings is 6. The van der Waals surface area contributed by atoms with E-state index in [0.29, 0.717) is 0 Å². The Kier molecular flexibility index (Phi) is 8.50. The second kappa shape index (κ2) is 12.8. The first-order chi connectivity index (χ1) is 21.6. The molecule has 3 nitrogen and oxygen atoms in total. The fourth-order valence-corrected chi connectivity index (χ4v) is 14.9. The Bertz CT molecular complexity index is 1670. The van der Waals surface area contributed by atoms with Crippen LogP contribution >= 0.6 is 0 Å². The van der Waals surface area contributed by atoms with Crippen LogP contribution in [0.3, 0.4) is 0 Å². The minimum absolute atomic E-state index is 0.842. The smallest absolute Gasteiger partial charge is 0.240 e. The molecular formula is C39H38N2OSi2. The minimum Gasteiger partial charge on any atom is -0.497 e. The fourth-order valence-electron chi connectivity index (χ4n) is 6.31. The second-order valence-electron chi connectivity index (χ2n) is 11.3. The van der Waals surface area contributed by atoms with Gasteiger partial charge >= 0.3 is 0 Å². The van der Waals surface area contributed by atoms with Crippen molar-refractivity contribution in [2.45, 2.75) is 13.1 Å². The Labute approximate surface area is 263 Å². The minimum atomic E-state index is -2.77. The van der Waals surface area contributed by atoms with Gasteiger partial charge in [-0.05, 0) is 70.2 Å². The third kappa shape index (κ3) is 5.36. The predicted octanol–water partition coefficient (Wildman–Crippen LogP) is 6.70. The number of anilines is 2. The molecule has 0 spiro atoms. The highest BCUT2D eigenvalue weighted by Gasteiger charge is 2.50. The van der Waals surface area contributed by atoms with E-state index in [0.717, 1.165) is 17.1 Å². The first kappa shape index (κ1) is 29.2. The predicted molar refractivity (Wildman–Crippen MR) is 192 cm³/mol. The van der Waals surface area contributed by atoms with Crippen LogP contribution in [-0.2, 0) is 0 Å². The van der Waals surface area contributed by atoms with Gasteiger partial charge in [-0.3, -0.25) is 0 Å². The molecular weight excluding hydrogens is 569 g/mol. The molecule has 218 valence electrons. The number of para-hydroxylation sites is 1. The first-order valence-electron chi connectivity index (χ1n) is 15.1. The van der Waals surface area contributed by atoms with Gasteiger partial charge in [0.1, 0.15) is 5.75 Å². The highest BCUT2D eigenvalue weighted by atomic mass is 28.3. The number of hydrazine groups is 1. The van der Waals surface area contributed by atoms with Crippen molar-refractivity contribution < 1.29 is 4.74 Å². The van der Waals surface area contributed by atoms with E-state index in [2.05, 4.69) is 198 Å². The molecule has 0 saturated carbocycles. The topological polar surface area (TPSA) is 15.7 Å². The molecule has 0 bridgehead atoms. The van der Waals surface area contributed by atoms with Crippen LogP contribution in [0.15, 0.2) is 176 Å². The van der Waals surface area contributed by atoms with Gasteiger partial charge in [-0.2, -0.15) is 0 Å². The van der Waals surface area contributed by atoms with Gasteiger partial charge in [0.15, 0.2) is 0 Å². The van der Waals surface area contributed by atoms with E-state index in [4.69, 9.17) is 4.74 Å². The van der Waals surface area contributed by atoms with Crippen molar-refractivity contribution in [3.8, 4) is 5.75 Å². The van der Waals surface area contributed by atoms with Crippen molar-refractivity contribution in [1.29, 1.82) is 0 Å². The molecule has 0 aliphatic rings. The lowest BCUT2D eigenvalue weighted by Gasteiger charge is -2.55. The number of ether oxygens (including phenoxy) is 1. The number of rotatable bonds is 10. The van der Waals surface area contributed by atoms with Gasteiger partial charge in [-0.25, -0.2) is 0 Å². The lowest BCUT2D eigenvalue weighted by atomic mass is 10.3. The molecule has 0 amide bonds. The highest BCUT2D eigenvalue weighted by molar-refractivity contribution is 7.09. The van der Waals surface area contributed by atoms with Crippen molar-refractivity contribution in [2.24, 2.45) is 0 Å². The lowest BCUT2D eigenvalue weighted by Crippen LogP contribution is -2.82. The van der Waals surface area contributed by atoms with Crippen LogP contribution < -0.4 is 34.8 Å². The van der Waals surface area contributed by atoms with Crippen molar-refractivity contribution in [3.05, 3.63) is 176 Å². The molecule has 6 rings (SSSR count). The summed E-state index contributed by atoms with van der Waals surface area (Å²) in [6, 6.07) is 63.9. The molecule has 0 unspecified atom stereocenters. The van der Waals surface area contributed by atoms with Crippen molar-refractivity contribution in [1.82, 2.24) is 0 Å². The van der Waals surface area contributed by atoms with Crippen LogP contribution in [0.4, 0.5) is 11.4 Å². The monoisotopic (exact) mass is 606 g/mol. The molecule has 0 aliphatic heterocycles. The van der Waals surface area contributed by atoms with Crippen LogP contribution in [0.1, 0.15) is 0 Å². The van der Waals surface area contributed by atoms with E-state index in [1.807, 2.05) is 0 Å². The summed E-state index contributed by atoms with van der Waals surface area (Å²) in [5, 5.41) is 5.35. The molecule has 44 heavy (non-hydrogen) atoms. The van der Waals surface area contributed by atoms with Gasteiger partial charge < -0.3 is 14.1 Å². The number of methoxy groups -OCH3 is 1. The van der Waals surface area contributed by atoms with E-state index in [1.54, 1.807) is 7.11 Å². The summed E-state index contributed by atoms with van der Waals surface area (Å²) >= 11 is 0. The maximum Gasteiger partial charge on any atom is 0.240 e. The van der Waals surface area contributed by atoms with Gasteiger partial charge in [0.25, 0.3) is 0 Å². The van der Waals surface area contributed by atoms with Crippen LogP contribution in [0.2, 0.25) is 13.1 Å². The van der Waals surface area contributed by atoms with Crippen LogP contribution in [0.5, 0.6) is 5.75 Å². The van der Waals surface area contributed by atoms with E-state index in [1.165, 1.54) is 20.7 Å². The molecule has 5 heteroatoms. The summed E-state index contributed by atoms with van der Waals surface area (Å²) < 4.78 is 11.0. The Balaban J connectivity index is 1.76. The van der Waals surface area contributed by atoms with Crippen LogP contribution in [0.25, 0.3) is 0 Å². The second-order valence-corrected chi connectivity index (χ2v) is 18.7. The van der Waals surface area contributed by atoms with Crippen LogP contribution in [0, 0.1) is 0 Å². The molecule has 0 N–H and O–H groups in total. The normalized spacial score (nSPS) is 11.5. The first-order valence-corrected chi connectivity index (χ1v) is 20.0. The average Bonchev–Trinajstić information content (AvgIpc) is 3.12. The zero-order chi connectivity index (χ0) is 30.4. The summed E-state index contributed by atoms with van der Waals surface area (Å²) in [6.45, 7) is 4.98. The molecule has 0 fully saturated rings. The lowest BCUT2D eigenvalue weighted by molar-refractivity contribution is 0.415. The number of hydrogen-bond donors (Lipinski definition) is 0. The molecule has 0 radical (unpaired) electrons. The molecule has 6 aromatic carbocycles. The van der Waals surface area contributed by atoms with Gasteiger partial charge in [-0.15, -0.1) is 0 Å². The van der Waals surface area contributed by atoms with E-state index in [9.17, 15) is 0 Å². The fraction of sp³-hybridized carbons (Fsp3) is 0.0769. The number of hydrogen-bond acceptors (Lipinski definition) is 3. The zero-order valence-electron chi connectivity index (χ0n) is 25.5. The van der Waals surface area contributed by atoms with E-state index >= 15 is 0 Å². The summed E-state index contributed by atoms with van der Waals surface area (Å²) in [5.74, 6) is 0.842. The van der Waals surface area contributed by atoms with Crippen molar-refractivity contribution >= 4 is 48.6 Å². The molecule has 0 atom stereocenters. The van der Waals surface area contributed by atoms with Crippen molar-refractivity contribution in [2.75, 3.05) is 16.5 Å². The summed E-state index contributed by atoms with van der Waals surface area (Å²) in [4.78, 5) is 0.